The van der Waals surface area contributed by atoms with Crippen LogP contribution < -0.4 is 0 Å². The molecule has 0 bridgehead atoms. The molecule has 0 aromatic carbocycles. The van der Waals surface area contributed by atoms with Gasteiger partial charge in [-0.15, -0.1) is 0 Å². The molecule has 0 saturated carbocycles. The molecule has 0 fully saturated rings. The van der Waals surface area contributed by atoms with Crippen LogP contribution in [0.3, 0.4) is 0 Å². The Hall–Kier alpha value is 1.83. The third-order valence-electron chi connectivity index (χ3n) is 0. The minimum atomic E-state index is -3.39. The maximum atomic E-state index is 5.05. The molecule has 0 amide bonds. The van der Waals surface area contributed by atoms with E-state index in [0.29, 0.717) is 0 Å². The second kappa shape index (κ2) is 17.1. The Balaban J connectivity index is -0.00000000800. The summed E-state index contributed by atoms with van der Waals surface area (Å²) in [7, 11) is 20.2. The molecule has 0 aromatic heterocycles. The normalized spacial score (nSPS) is 6.00. The van der Waals surface area contributed by atoms with Crippen LogP contribution in [0.1, 0.15) is 0 Å². The van der Waals surface area contributed by atoms with Crippen molar-refractivity contribution in [3.63, 3.8) is 0 Å². The summed E-state index contributed by atoms with van der Waals surface area (Å²) in [5.74, 6) is 0. The van der Waals surface area contributed by atoms with Gasteiger partial charge in [0.1, 0.15) is 0 Å². The van der Waals surface area contributed by atoms with Crippen LogP contribution in [0.5, 0.6) is 0 Å². The van der Waals surface area contributed by atoms with E-state index >= 15 is 0 Å². The molecule has 0 unspecified atom stereocenters. The minimum absolute atomic E-state index is 0. The Morgan fingerprint density at radius 1 is 0.500 bits per heavy atom. The first kappa shape index (κ1) is 40.8. The summed E-state index contributed by atoms with van der Waals surface area (Å²) >= 11 is -3.39. The van der Waals surface area contributed by atoms with Gasteiger partial charge in [-0.05, 0) is 0 Å². The number of hydrogen-bond donors (Lipinski definition) is 0. The van der Waals surface area contributed by atoms with E-state index < -0.39 is 15.2 Å². The molecular formula is H10Cl4HfO5. The Bertz CT molecular complexity index is 29.1. The topological polar surface area (TPSA) is 158 Å². The van der Waals surface area contributed by atoms with E-state index in [2.05, 4.69) is 0 Å². The van der Waals surface area contributed by atoms with E-state index in [1.807, 2.05) is 0 Å². The fourth-order valence-electron chi connectivity index (χ4n) is 0. The first-order valence-electron chi connectivity index (χ1n) is 0.756. The molecule has 10 heavy (non-hydrogen) atoms. The molecule has 0 aliphatic carbocycles. The second-order valence-corrected chi connectivity index (χ2v) is 31.6. The molecule has 0 aromatic rings. The number of rotatable bonds is 0. The predicted octanol–water partition coefficient (Wildman–Crippen LogP) is -1.37. The Kier molecular flexibility index (Phi) is 69.7. The second-order valence-electron chi connectivity index (χ2n) is 0.429. The van der Waals surface area contributed by atoms with Crippen LogP contribution in [0.25, 0.3) is 0 Å². The van der Waals surface area contributed by atoms with E-state index in [0.717, 1.165) is 0 Å². The predicted molar refractivity (Wildman–Crippen MR) is 41.5 cm³/mol. The average Bonchev–Trinajstić information content (AvgIpc) is 0.722. The fraction of sp³-hybridized carbons (Fsp3) is 0. The zero-order valence-corrected chi connectivity index (χ0v) is 11.1. The van der Waals surface area contributed by atoms with Gasteiger partial charge in [0.2, 0.25) is 0 Å². The van der Waals surface area contributed by atoms with Gasteiger partial charge in [0.05, 0.1) is 0 Å². The molecule has 0 rings (SSSR count). The van der Waals surface area contributed by atoms with Crippen LogP contribution in [0.15, 0.2) is 0 Å². The van der Waals surface area contributed by atoms with Gasteiger partial charge in [-0.25, -0.2) is 0 Å². The summed E-state index contributed by atoms with van der Waals surface area (Å²) in [6.07, 6.45) is 0. The van der Waals surface area contributed by atoms with Crippen LogP contribution in [-0.2, 0) is 15.2 Å². The van der Waals surface area contributed by atoms with Gasteiger partial charge in [0, 0.05) is 0 Å². The molecule has 0 radical (unpaired) electrons. The Morgan fingerprint density at radius 3 is 0.500 bits per heavy atom. The van der Waals surface area contributed by atoms with Crippen molar-refractivity contribution in [1.82, 2.24) is 0 Å². The van der Waals surface area contributed by atoms with Crippen LogP contribution in [0.4, 0.5) is 0 Å². The van der Waals surface area contributed by atoms with Crippen molar-refractivity contribution >= 4 is 34.3 Å². The van der Waals surface area contributed by atoms with Crippen molar-refractivity contribution < 1.29 is 42.6 Å². The van der Waals surface area contributed by atoms with Crippen LogP contribution in [-0.4, -0.2) is 27.4 Å². The maximum absolute atomic E-state index is 5.05. The average molecular weight is 410 g/mol. The summed E-state index contributed by atoms with van der Waals surface area (Å²) in [5.41, 5.74) is 0. The van der Waals surface area contributed by atoms with Crippen molar-refractivity contribution in [2.24, 2.45) is 0 Å². The van der Waals surface area contributed by atoms with E-state index in [4.69, 9.17) is 34.3 Å². The zero-order chi connectivity index (χ0) is 4.50. The quantitative estimate of drug-likeness (QED) is 0.432. The Labute approximate surface area is 76.4 Å². The molecule has 10 N–H and O–H groups in total. The monoisotopic (exact) mass is 410 g/mol. The van der Waals surface area contributed by atoms with E-state index in [1.165, 1.54) is 0 Å². The third-order valence-corrected chi connectivity index (χ3v) is 0. The van der Waals surface area contributed by atoms with Gasteiger partial charge in [0.15, 0.2) is 0 Å². The SMILES string of the molecule is O.O.O.O.O.[Cl][Hf]([Cl])([Cl])[Cl]. The summed E-state index contributed by atoms with van der Waals surface area (Å²) in [4.78, 5) is 0. The van der Waals surface area contributed by atoms with Crippen molar-refractivity contribution in [1.29, 1.82) is 0 Å². The van der Waals surface area contributed by atoms with Crippen molar-refractivity contribution in [2.75, 3.05) is 0 Å². The van der Waals surface area contributed by atoms with Crippen LogP contribution in [0.2, 0.25) is 0 Å². The molecular weight excluding hydrogens is 400 g/mol. The molecule has 0 heterocycles. The van der Waals surface area contributed by atoms with E-state index in [1.54, 1.807) is 0 Å². The van der Waals surface area contributed by atoms with Gasteiger partial charge in [-0.1, -0.05) is 0 Å². The van der Waals surface area contributed by atoms with Crippen LogP contribution >= 0.6 is 34.3 Å². The van der Waals surface area contributed by atoms with Crippen molar-refractivity contribution in [3.05, 3.63) is 0 Å². The summed E-state index contributed by atoms with van der Waals surface area (Å²) in [6, 6.07) is 0. The molecule has 10 heteroatoms. The Morgan fingerprint density at radius 2 is 0.500 bits per heavy atom. The number of hydrogen-bond acceptors (Lipinski definition) is 0. The molecule has 0 atom stereocenters. The molecule has 5 nitrogen and oxygen atoms in total. The van der Waals surface area contributed by atoms with Gasteiger partial charge < -0.3 is 27.4 Å². The van der Waals surface area contributed by atoms with Gasteiger partial charge >= 0.3 is 49.5 Å². The van der Waals surface area contributed by atoms with E-state index in [-0.39, 0.29) is 27.4 Å². The molecule has 0 aliphatic rings. The van der Waals surface area contributed by atoms with Gasteiger partial charge in [0.25, 0.3) is 0 Å². The van der Waals surface area contributed by atoms with E-state index in [9.17, 15) is 0 Å². The summed E-state index contributed by atoms with van der Waals surface area (Å²) in [5, 5.41) is 0. The molecule has 72 valence electrons. The third kappa shape index (κ3) is 229. The summed E-state index contributed by atoms with van der Waals surface area (Å²) < 4.78 is 0. The summed E-state index contributed by atoms with van der Waals surface area (Å²) in [6.45, 7) is 0. The fourth-order valence-corrected chi connectivity index (χ4v) is 0. The van der Waals surface area contributed by atoms with Gasteiger partial charge in [-0.3, -0.25) is 0 Å². The molecule has 0 spiro atoms. The standard InChI is InChI=1S/4ClH.Hf.5H2O/h4*1H;;5*1H2/q;;;;+4;;;;;/p-4. The van der Waals surface area contributed by atoms with Gasteiger partial charge in [-0.2, -0.15) is 0 Å². The van der Waals surface area contributed by atoms with Crippen LogP contribution in [0, 0.1) is 0 Å². The zero-order valence-electron chi connectivity index (χ0n) is 4.51. The first-order chi connectivity index (χ1) is 2.00. The molecule has 0 saturated heterocycles. The van der Waals surface area contributed by atoms with Crippen molar-refractivity contribution in [3.8, 4) is 0 Å². The number of halogens is 4. The molecule has 0 aliphatic heterocycles. The first-order valence-corrected chi connectivity index (χ1v) is 18.6. The van der Waals surface area contributed by atoms with Crippen molar-refractivity contribution in [2.45, 2.75) is 0 Å².